The number of rotatable bonds is 4. The van der Waals surface area contributed by atoms with Gasteiger partial charge in [-0.25, -0.2) is 0 Å². The third-order valence-electron chi connectivity index (χ3n) is 2.17. The molecule has 0 heterocycles. The standard InChI is InChI=1S/C11H14N2O3S/c1-13(6-10(12)17)11(15)7-3-4-9(16-2)8(14)5-7/h3-5,14H,6H2,1-2H3,(H2,12,17). The van der Waals surface area contributed by atoms with E-state index in [1.807, 2.05) is 0 Å². The molecule has 1 amide bonds. The summed E-state index contributed by atoms with van der Waals surface area (Å²) in [5.41, 5.74) is 5.70. The summed E-state index contributed by atoms with van der Waals surface area (Å²) in [7, 11) is 3.03. The van der Waals surface area contributed by atoms with Crippen LogP contribution in [0.4, 0.5) is 0 Å². The first-order valence-electron chi connectivity index (χ1n) is 4.86. The number of aromatic hydroxyl groups is 1. The van der Waals surface area contributed by atoms with Crippen LogP contribution in [-0.2, 0) is 0 Å². The van der Waals surface area contributed by atoms with Crippen LogP contribution in [0.1, 0.15) is 10.4 Å². The summed E-state index contributed by atoms with van der Waals surface area (Å²) in [5, 5.41) is 9.56. The van der Waals surface area contributed by atoms with Gasteiger partial charge in [-0.2, -0.15) is 0 Å². The molecule has 0 unspecified atom stereocenters. The number of benzene rings is 1. The molecule has 0 radical (unpaired) electrons. The average Bonchev–Trinajstić information content (AvgIpc) is 2.27. The number of hydrogen-bond acceptors (Lipinski definition) is 4. The van der Waals surface area contributed by atoms with Gasteiger partial charge in [0.25, 0.3) is 5.91 Å². The first-order valence-corrected chi connectivity index (χ1v) is 5.27. The number of nitrogens with two attached hydrogens (primary N) is 1. The highest BCUT2D eigenvalue weighted by atomic mass is 32.1. The Morgan fingerprint density at radius 3 is 2.71 bits per heavy atom. The maximum atomic E-state index is 11.9. The van der Waals surface area contributed by atoms with Gasteiger partial charge in [-0.15, -0.1) is 0 Å². The predicted molar refractivity (Wildman–Crippen MR) is 68.4 cm³/mol. The second-order valence-corrected chi connectivity index (χ2v) is 4.04. The van der Waals surface area contributed by atoms with Gasteiger partial charge >= 0.3 is 0 Å². The quantitative estimate of drug-likeness (QED) is 0.776. The van der Waals surface area contributed by atoms with Crippen LogP contribution in [0.5, 0.6) is 11.5 Å². The highest BCUT2D eigenvalue weighted by Gasteiger charge is 2.14. The monoisotopic (exact) mass is 254 g/mol. The molecule has 0 aromatic heterocycles. The number of phenolic OH excluding ortho intramolecular Hbond substituents is 1. The zero-order valence-electron chi connectivity index (χ0n) is 9.64. The number of ether oxygens (including phenoxy) is 1. The van der Waals surface area contributed by atoms with Gasteiger partial charge < -0.3 is 20.5 Å². The number of thiocarbonyl (C=S) groups is 1. The van der Waals surface area contributed by atoms with E-state index in [0.717, 1.165) is 0 Å². The molecular weight excluding hydrogens is 240 g/mol. The van der Waals surface area contributed by atoms with Crippen LogP contribution in [0.25, 0.3) is 0 Å². The minimum atomic E-state index is -0.268. The molecule has 0 aliphatic rings. The number of nitrogens with zero attached hydrogens (tertiary/aromatic N) is 1. The van der Waals surface area contributed by atoms with E-state index in [2.05, 4.69) is 0 Å². The van der Waals surface area contributed by atoms with Crippen LogP contribution < -0.4 is 10.5 Å². The fourth-order valence-corrected chi connectivity index (χ4v) is 1.54. The van der Waals surface area contributed by atoms with Gasteiger partial charge in [0, 0.05) is 12.6 Å². The van der Waals surface area contributed by atoms with Crippen molar-refractivity contribution in [2.45, 2.75) is 0 Å². The maximum Gasteiger partial charge on any atom is 0.254 e. The number of hydrogen-bond donors (Lipinski definition) is 2. The Hall–Kier alpha value is -1.82. The number of amides is 1. The van der Waals surface area contributed by atoms with Gasteiger partial charge in [0.1, 0.15) is 0 Å². The lowest BCUT2D eigenvalue weighted by atomic mass is 10.2. The molecular formula is C11H14N2O3S. The Morgan fingerprint density at radius 2 is 2.24 bits per heavy atom. The minimum Gasteiger partial charge on any atom is -0.504 e. The molecule has 0 saturated heterocycles. The van der Waals surface area contributed by atoms with Crippen molar-refractivity contribution in [2.75, 3.05) is 20.7 Å². The number of carbonyl (C=O) groups excluding carboxylic acids is 1. The van der Waals surface area contributed by atoms with Crippen LogP contribution >= 0.6 is 12.2 Å². The minimum absolute atomic E-state index is 0.0814. The van der Waals surface area contributed by atoms with Crippen LogP contribution in [0.2, 0.25) is 0 Å². The number of phenols is 1. The molecule has 0 saturated carbocycles. The van der Waals surface area contributed by atoms with E-state index in [0.29, 0.717) is 11.3 Å². The van der Waals surface area contributed by atoms with Gasteiger partial charge in [-0.05, 0) is 18.2 Å². The third-order valence-corrected chi connectivity index (χ3v) is 2.29. The average molecular weight is 254 g/mol. The van der Waals surface area contributed by atoms with Crippen molar-refractivity contribution in [3.8, 4) is 11.5 Å². The molecule has 0 aliphatic carbocycles. The molecule has 0 bridgehead atoms. The number of carbonyl (C=O) groups is 1. The lowest BCUT2D eigenvalue weighted by Crippen LogP contribution is -2.34. The fraction of sp³-hybridized carbons (Fsp3) is 0.273. The molecule has 17 heavy (non-hydrogen) atoms. The summed E-state index contributed by atoms with van der Waals surface area (Å²) >= 11 is 4.72. The molecule has 1 aromatic rings. The van der Waals surface area contributed by atoms with Gasteiger partial charge in [0.05, 0.1) is 18.6 Å². The predicted octanol–water partition coefficient (Wildman–Crippen LogP) is 0.759. The fourth-order valence-electron chi connectivity index (χ4n) is 1.35. The van der Waals surface area contributed by atoms with E-state index < -0.39 is 0 Å². The molecule has 5 nitrogen and oxygen atoms in total. The van der Waals surface area contributed by atoms with Gasteiger partial charge in [0.15, 0.2) is 11.5 Å². The highest BCUT2D eigenvalue weighted by Crippen LogP contribution is 2.26. The van der Waals surface area contributed by atoms with E-state index in [1.54, 1.807) is 13.1 Å². The summed E-state index contributed by atoms with van der Waals surface area (Å²) in [4.78, 5) is 13.5. The van der Waals surface area contributed by atoms with Crippen LogP contribution in [0, 0.1) is 0 Å². The van der Waals surface area contributed by atoms with Crippen molar-refractivity contribution in [3.63, 3.8) is 0 Å². The molecule has 3 N–H and O–H groups in total. The lowest BCUT2D eigenvalue weighted by Gasteiger charge is -2.16. The van der Waals surface area contributed by atoms with Crippen LogP contribution in [0.3, 0.4) is 0 Å². The maximum absolute atomic E-state index is 11.9. The molecule has 0 fully saturated rings. The lowest BCUT2D eigenvalue weighted by molar-refractivity contribution is 0.0814. The Morgan fingerprint density at radius 1 is 1.59 bits per heavy atom. The Labute approximate surface area is 105 Å². The summed E-state index contributed by atoms with van der Waals surface area (Å²) < 4.78 is 4.89. The zero-order valence-corrected chi connectivity index (χ0v) is 10.5. The number of likely N-dealkylation sites (N-methyl/N-ethyl adjacent to an activating group) is 1. The van der Waals surface area contributed by atoms with E-state index in [4.69, 9.17) is 22.7 Å². The molecule has 6 heteroatoms. The van der Waals surface area contributed by atoms with Crippen molar-refractivity contribution in [3.05, 3.63) is 23.8 Å². The van der Waals surface area contributed by atoms with Gasteiger partial charge in [-0.3, -0.25) is 4.79 Å². The van der Waals surface area contributed by atoms with Crippen molar-refractivity contribution < 1.29 is 14.6 Å². The van der Waals surface area contributed by atoms with E-state index in [-0.39, 0.29) is 23.2 Å². The molecule has 1 rings (SSSR count). The summed E-state index contributed by atoms with van der Waals surface area (Å²) in [6.45, 7) is 0.195. The Bertz CT molecular complexity index is 448. The topological polar surface area (TPSA) is 75.8 Å². The van der Waals surface area contributed by atoms with Gasteiger partial charge in [0.2, 0.25) is 0 Å². The molecule has 92 valence electrons. The number of methoxy groups -OCH3 is 1. The van der Waals surface area contributed by atoms with Crippen molar-refractivity contribution in [1.29, 1.82) is 0 Å². The second kappa shape index (κ2) is 5.49. The van der Waals surface area contributed by atoms with Crippen molar-refractivity contribution in [2.24, 2.45) is 5.73 Å². The first-order chi connectivity index (χ1) is 7.95. The molecule has 0 atom stereocenters. The van der Waals surface area contributed by atoms with E-state index >= 15 is 0 Å². The normalized spacial score (nSPS) is 9.76. The van der Waals surface area contributed by atoms with Crippen molar-refractivity contribution in [1.82, 2.24) is 4.90 Å². The molecule has 0 spiro atoms. The summed E-state index contributed by atoms with van der Waals surface area (Å²) in [6.07, 6.45) is 0. The van der Waals surface area contributed by atoms with Crippen LogP contribution in [-0.4, -0.2) is 41.6 Å². The van der Waals surface area contributed by atoms with E-state index in [1.165, 1.54) is 24.1 Å². The SMILES string of the molecule is COc1ccc(C(=O)N(C)CC(N)=S)cc1O. The van der Waals surface area contributed by atoms with E-state index in [9.17, 15) is 9.90 Å². The largest absolute Gasteiger partial charge is 0.504 e. The molecule has 1 aromatic carbocycles. The molecule has 0 aliphatic heterocycles. The first kappa shape index (κ1) is 13.2. The third kappa shape index (κ3) is 3.32. The second-order valence-electron chi connectivity index (χ2n) is 3.51. The zero-order chi connectivity index (χ0) is 13.0. The Kier molecular flexibility index (Phi) is 4.28. The highest BCUT2D eigenvalue weighted by molar-refractivity contribution is 7.80. The smallest absolute Gasteiger partial charge is 0.254 e. The van der Waals surface area contributed by atoms with Gasteiger partial charge in [-0.1, -0.05) is 12.2 Å². The Balaban J connectivity index is 2.89. The van der Waals surface area contributed by atoms with Crippen LogP contribution in [0.15, 0.2) is 18.2 Å². The summed E-state index contributed by atoms with van der Waals surface area (Å²) in [5.74, 6) is -0.0311. The van der Waals surface area contributed by atoms with Crippen molar-refractivity contribution >= 4 is 23.1 Å². The summed E-state index contributed by atoms with van der Waals surface area (Å²) in [6, 6.07) is 4.44.